The molecule has 0 aliphatic carbocycles. The van der Waals surface area contributed by atoms with Crippen molar-refractivity contribution in [3.63, 3.8) is 0 Å². The second kappa shape index (κ2) is 21.9. The Labute approximate surface area is 341 Å². The van der Waals surface area contributed by atoms with Crippen molar-refractivity contribution in [2.45, 2.75) is 142 Å². The van der Waals surface area contributed by atoms with E-state index < -0.39 is 35.6 Å². The molecule has 2 aromatic heterocycles. The first-order valence-electron chi connectivity index (χ1n) is 17.6. The topological polar surface area (TPSA) is 174 Å². The first kappa shape index (κ1) is 47.2. The first-order valence-corrected chi connectivity index (χ1v) is 20.5. The molecule has 2 aliphatic heterocycles. The summed E-state index contributed by atoms with van der Waals surface area (Å²) < 4.78 is 25.0. The van der Waals surface area contributed by atoms with Crippen molar-refractivity contribution in [1.29, 1.82) is 0 Å². The Morgan fingerprint density at radius 2 is 1.26 bits per heavy atom. The standard InChI is InChI=1S/C17H26BrN3O4S.C17H27N3O4S.BHNS/c1-10(2)24-15(22)20-11-6-7-12(14-19-8-13(18)26-14)21(9-11)16(23)25-17(3,4)5;1-11(2)23-15(21)19-12-6-7-13(14-18-8-9-25-14)20(10-12)16(22)24-17(3,4)5;1-2-3/h8,10-12H,6-7,9H2,1-5H3,(H,20,22);8-9,11-13H,6-7,10H2,1-5H3,(H,19,21);3H/t11-,12?;12-,13?;/m11./s1. The van der Waals surface area contributed by atoms with Gasteiger partial charge in [-0.15, -0.1) is 22.7 Å². The van der Waals surface area contributed by atoms with Gasteiger partial charge < -0.3 is 29.6 Å². The van der Waals surface area contributed by atoms with Crippen molar-refractivity contribution in [2.75, 3.05) is 13.1 Å². The van der Waals surface area contributed by atoms with Crippen LogP contribution in [-0.4, -0.2) is 100 Å². The number of halogens is 1. The average molecular weight is 876 g/mol. The predicted octanol–water partition coefficient (Wildman–Crippen LogP) is 8.38. The maximum atomic E-state index is 12.7. The molecule has 4 amide bonds. The molecule has 2 fully saturated rings. The molecule has 20 heteroatoms. The summed E-state index contributed by atoms with van der Waals surface area (Å²) in [5.41, 5.74) is -1.18. The molecule has 301 valence electrons. The van der Waals surface area contributed by atoms with Gasteiger partial charge in [0.05, 0.1) is 46.4 Å². The predicted molar refractivity (Wildman–Crippen MR) is 216 cm³/mol. The number of ether oxygens (including phenoxy) is 4. The fourth-order valence-electron chi connectivity index (χ4n) is 5.39. The molecule has 2 N–H and O–H groups in total. The van der Waals surface area contributed by atoms with Gasteiger partial charge in [0.2, 0.25) is 0 Å². The molecule has 15 nitrogen and oxygen atoms in total. The van der Waals surface area contributed by atoms with Crippen molar-refractivity contribution in [1.82, 2.24) is 30.4 Å². The Morgan fingerprint density at radius 1 is 0.833 bits per heavy atom. The average Bonchev–Trinajstić information content (AvgIpc) is 3.72. The molecule has 54 heavy (non-hydrogen) atoms. The van der Waals surface area contributed by atoms with Gasteiger partial charge in [0.15, 0.2) is 0 Å². The minimum atomic E-state index is -0.595. The number of amides is 4. The van der Waals surface area contributed by atoms with Crippen molar-refractivity contribution < 1.29 is 38.1 Å². The van der Waals surface area contributed by atoms with Gasteiger partial charge in [0, 0.05) is 24.7 Å². The van der Waals surface area contributed by atoms with Gasteiger partial charge in [-0.3, -0.25) is 9.80 Å². The third kappa shape index (κ3) is 17.2. The Hall–Kier alpha value is -2.97. The number of hydrogen-bond donors (Lipinski definition) is 3. The molecule has 0 bridgehead atoms. The van der Waals surface area contributed by atoms with E-state index in [2.05, 4.69) is 61.3 Å². The van der Waals surface area contributed by atoms with Crippen LogP contribution in [0.1, 0.15) is 117 Å². The second-order valence-electron chi connectivity index (χ2n) is 15.0. The summed E-state index contributed by atoms with van der Waals surface area (Å²) >= 11 is 9.63. The molecular formula is C34H54BBrN7O8S3. The number of aromatic nitrogens is 2. The number of alkyl carbamates (subject to hydrolysis) is 2. The van der Waals surface area contributed by atoms with Crippen LogP contribution >= 0.6 is 51.4 Å². The molecule has 2 unspecified atom stereocenters. The van der Waals surface area contributed by atoms with Crippen LogP contribution in [0.25, 0.3) is 0 Å². The number of nitrogens with zero attached hydrogens (tertiary/aromatic N) is 5. The molecule has 4 rings (SSSR count). The SMILES string of the molecule is CC(C)OC(=O)N[C@@H]1CCC(c2ncc(Br)s2)N(C(=O)OC(C)(C)C)C1.CC(C)OC(=O)N[C@@H]1CCC(c2nccs2)N(C(=O)OC(C)(C)C)C1.[B]=NS. The van der Waals surface area contributed by atoms with Crippen LogP contribution in [0.4, 0.5) is 19.2 Å². The van der Waals surface area contributed by atoms with Crippen LogP contribution in [0.3, 0.4) is 0 Å². The van der Waals surface area contributed by atoms with E-state index in [0.717, 1.165) is 26.6 Å². The van der Waals surface area contributed by atoms with E-state index in [9.17, 15) is 19.2 Å². The third-order valence-electron chi connectivity index (χ3n) is 7.27. The van der Waals surface area contributed by atoms with Gasteiger partial charge in [-0.2, -0.15) is 0 Å². The summed E-state index contributed by atoms with van der Waals surface area (Å²) in [7, 11) is 4.34. The van der Waals surface area contributed by atoms with Crippen LogP contribution < -0.4 is 10.6 Å². The van der Waals surface area contributed by atoms with Gasteiger partial charge in [-0.25, -0.2) is 29.1 Å². The normalized spacial score (nSPS) is 20.0. The maximum absolute atomic E-state index is 12.7. The number of thiazole rings is 2. The molecule has 2 aliphatic rings. The number of carbonyl (C=O) groups is 4. The first-order chi connectivity index (χ1) is 25.1. The Balaban J connectivity index is 0.000000348. The zero-order valence-electron chi connectivity index (χ0n) is 32.7. The molecule has 4 atom stereocenters. The Morgan fingerprint density at radius 3 is 1.59 bits per heavy atom. The summed E-state index contributed by atoms with van der Waals surface area (Å²) in [6.07, 6.45) is 4.23. The number of rotatable bonds is 6. The van der Waals surface area contributed by atoms with E-state index in [-0.39, 0.29) is 36.4 Å². The summed E-state index contributed by atoms with van der Waals surface area (Å²) in [5, 5.41) is 9.31. The van der Waals surface area contributed by atoms with Gasteiger partial charge in [-0.1, -0.05) is 0 Å². The van der Waals surface area contributed by atoms with Crippen LogP contribution in [0.15, 0.2) is 25.9 Å². The van der Waals surface area contributed by atoms with E-state index >= 15 is 0 Å². The van der Waals surface area contributed by atoms with Crippen LogP contribution in [0, 0.1) is 0 Å². The fourth-order valence-corrected chi connectivity index (χ4v) is 7.56. The van der Waals surface area contributed by atoms with Crippen molar-refractivity contribution >= 4 is 83.4 Å². The third-order valence-corrected chi connectivity index (χ3v) is 9.72. The van der Waals surface area contributed by atoms with Gasteiger partial charge >= 0.3 is 49.1 Å². The zero-order chi connectivity index (χ0) is 40.8. The Kier molecular flexibility index (Phi) is 19.2. The second-order valence-corrected chi connectivity index (χ2v) is 18.6. The van der Waals surface area contributed by atoms with Gasteiger partial charge in [0.1, 0.15) is 21.2 Å². The summed E-state index contributed by atoms with van der Waals surface area (Å²) in [6.45, 7) is 18.9. The minimum absolute atomic E-state index is 0.131. The number of thiol groups is 1. The molecule has 0 aromatic carbocycles. The quantitative estimate of drug-likeness (QED) is 0.145. The van der Waals surface area contributed by atoms with Crippen LogP contribution in [-0.2, 0) is 18.9 Å². The summed E-state index contributed by atoms with van der Waals surface area (Å²) in [5.74, 6) is 0. The van der Waals surface area contributed by atoms with Gasteiger partial charge in [0.25, 0.3) is 0 Å². The fraction of sp³-hybridized carbons (Fsp3) is 0.706. The number of likely N-dealkylation sites (tertiary alicyclic amines) is 2. The van der Waals surface area contributed by atoms with Gasteiger partial charge in [-0.05, 0) is 111 Å². The molecular weight excluding hydrogens is 821 g/mol. The molecule has 0 spiro atoms. The van der Waals surface area contributed by atoms with E-state index in [0.29, 0.717) is 25.9 Å². The van der Waals surface area contributed by atoms with Crippen molar-refractivity contribution in [2.24, 2.45) is 4.30 Å². The molecule has 2 aromatic rings. The van der Waals surface area contributed by atoms with E-state index in [1.165, 1.54) is 22.7 Å². The van der Waals surface area contributed by atoms with Crippen LogP contribution in [0.2, 0.25) is 0 Å². The van der Waals surface area contributed by atoms with E-state index in [4.69, 9.17) is 18.9 Å². The van der Waals surface area contributed by atoms with Crippen LogP contribution in [0.5, 0.6) is 0 Å². The molecule has 4 heterocycles. The van der Waals surface area contributed by atoms with E-state index in [1.807, 2.05) is 46.9 Å². The summed E-state index contributed by atoms with van der Waals surface area (Å²) in [4.78, 5) is 61.2. The van der Waals surface area contributed by atoms with Crippen molar-refractivity contribution in [3.05, 3.63) is 31.6 Å². The zero-order valence-corrected chi connectivity index (χ0v) is 36.8. The summed E-state index contributed by atoms with van der Waals surface area (Å²) in [6, 6.07) is -0.655. The number of nitrogens with one attached hydrogen (secondary N) is 2. The molecule has 0 saturated carbocycles. The monoisotopic (exact) mass is 874 g/mol. The Bertz CT molecular complexity index is 1500. The number of hydrogen-bond acceptors (Lipinski definition) is 14. The molecule has 1 radical (unpaired) electrons. The number of carbonyl (C=O) groups excluding carboxylic acids is 4. The van der Waals surface area contributed by atoms with E-state index in [1.54, 1.807) is 49.9 Å². The van der Waals surface area contributed by atoms with Crippen molar-refractivity contribution in [3.8, 4) is 0 Å². The number of piperidine rings is 2. The molecule has 2 saturated heterocycles.